The van der Waals surface area contributed by atoms with E-state index < -0.39 is 9.84 Å². The molecule has 3 aromatic rings. The van der Waals surface area contributed by atoms with Gasteiger partial charge in [0, 0.05) is 37.7 Å². The smallest absolute Gasteiger partial charge is 0.191 e. The predicted molar refractivity (Wildman–Crippen MR) is 124 cm³/mol. The Morgan fingerprint density at radius 2 is 1.71 bits per heavy atom. The normalized spacial score (nSPS) is 12.1. The molecule has 8 heteroatoms. The lowest BCUT2D eigenvalue weighted by molar-refractivity contribution is 0.602. The van der Waals surface area contributed by atoms with Crippen molar-refractivity contribution in [3.8, 4) is 5.69 Å². The molecule has 0 radical (unpaired) electrons. The molecule has 3 rings (SSSR count). The molecule has 7 nitrogen and oxygen atoms in total. The number of hydrogen-bond donors (Lipinski definition) is 2. The molecular formula is C23H29N5O2S. The number of para-hydroxylation sites is 1. The fraction of sp³-hybridized carbons (Fsp3) is 0.304. The van der Waals surface area contributed by atoms with Gasteiger partial charge < -0.3 is 10.6 Å². The minimum atomic E-state index is -3.17. The Morgan fingerprint density at radius 1 is 1.03 bits per heavy atom. The monoisotopic (exact) mass is 439 g/mol. The molecule has 0 aliphatic rings. The molecular weight excluding hydrogens is 410 g/mol. The molecule has 0 saturated carbocycles. The number of aromatic nitrogens is 2. The van der Waals surface area contributed by atoms with Crippen LogP contribution in [-0.4, -0.2) is 44.0 Å². The summed E-state index contributed by atoms with van der Waals surface area (Å²) in [6, 6.07) is 17.1. The van der Waals surface area contributed by atoms with Crippen molar-refractivity contribution < 1.29 is 8.42 Å². The van der Waals surface area contributed by atoms with Crippen LogP contribution in [0, 0.1) is 13.8 Å². The molecule has 1 aromatic heterocycles. The average Bonchev–Trinajstić information content (AvgIpc) is 3.04. The van der Waals surface area contributed by atoms with Gasteiger partial charge in [-0.25, -0.2) is 13.1 Å². The summed E-state index contributed by atoms with van der Waals surface area (Å²) >= 11 is 0. The highest BCUT2D eigenvalue weighted by molar-refractivity contribution is 7.90. The molecule has 0 amide bonds. The first-order valence-corrected chi connectivity index (χ1v) is 12.0. The molecule has 0 unspecified atom stereocenters. The van der Waals surface area contributed by atoms with Crippen molar-refractivity contribution in [3.63, 3.8) is 0 Å². The van der Waals surface area contributed by atoms with E-state index in [0.717, 1.165) is 34.6 Å². The fourth-order valence-electron chi connectivity index (χ4n) is 3.37. The molecule has 0 spiro atoms. The maximum Gasteiger partial charge on any atom is 0.191 e. The second kappa shape index (κ2) is 9.78. The van der Waals surface area contributed by atoms with Crippen molar-refractivity contribution in [1.82, 2.24) is 20.4 Å². The summed E-state index contributed by atoms with van der Waals surface area (Å²) in [5.41, 5.74) is 5.32. The van der Waals surface area contributed by atoms with Crippen LogP contribution in [0.3, 0.4) is 0 Å². The van der Waals surface area contributed by atoms with Gasteiger partial charge in [-0.05, 0) is 50.1 Å². The van der Waals surface area contributed by atoms with E-state index in [2.05, 4.69) is 27.6 Å². The van der Waals surface area contributed by atoms with Gasteiger partial charge in [-0.3, -0.25) is 4.99 Å². The zero-order valence-corrected chi connectivity index (χ0v) is 19.2. The van der Waals surface area contributed by atoms with E-state index in [9.17, 15) is 8.42 Å². The first-order valence-electron chi connectivity index (χ1n) is 10.1. The fourth-order valence-corrected chi connectivity index (χ4v) is 4.00. The molecule has 2 aromatic carbocycles. The molecule has 31 heavy (non-hydrogen) atoms. The molecule has 0 aliphatic heterocycles. The minimum Gasteiger partial charge on any atom is -0.356 e. The highest BCUT2D eigenvalue weighted by Crippen LogP contribution is 2.17. The van der Waals surface area contributed by atoms with Gasteiger partial charge in [0.2, 0.25) is 0 Å². The zero-order valence-electron chi connectivity index (χ0n) is 18.4. The van der Waals surface area contributed by atoms with E-state index >= 15 is 0 Å². The summed E-state index contributed by atoms with van der Waals surface area (Å²) < 4.78 is 25.1. The number of nitrogens with zero attached hydrogens (tertiary/aromatic N) is 3. The average molecular weight is 440 g/mol. The van der Waals surface area contributed by atoms with E-state index in [0.29, 0.717) is 23.9 Å². The Morgan fingerprint density at radius 3 is 2.32 bits per heavy atom. The van der Waals surface area contributed by atoms with Crippen LogP contribution in [0.25, 0.3) is 5.69 Å². The Labute approximate surface area is 184 Å². The van der Waals surface area contributed by atoms with Crippen molar-refractivity contribution >= 4 is 15.8 Å². The summed E-state index contributed by atoms with van der Waals surface area (Å²) in [6.07, 6.45) is 1.97. The topological polar surface area (TPSA) is 88.4 Å². The zero-order chi connectivity index (χ0) is 22.4. The number of aliphatic imine (C=N–C) groups is 1. The third kappa shape index (κ3) is 5.73. The SMILES string of the molecule is CN=C(NCCc1ccc(S(C)(=O)=O)cc1)NCc1c(C)nn(-c2ccccc2)c1C. The Balaban J connectivity index is 1.56. The molecule has 0 bridgehead atoms. The van der Waals surface area contributed by atoms with Crippen LogP contribution in [0.4, 0.5) is 0 Å². The lowest BCUT2D eigenvalue weighted by atomic mass is 10.1. The molecule has 2 N–H and O–H groups in total. The number of benzene rings is 2. The van der Waals surface area contributed by atoms with E-state index in [-0.39, 0.29) is 0 Å². The van der Waals surface area contributed by atoms with E-state index in [4.69, 9.17) is 0 Å². The van der Waals surface area contributed by atoms with Gasteiger partial charge in [-0.1, -0.05) is 30.3 Å². The molecule has 0 saturated heterocycles. The van der Waals surface area contributed by atoms with E-state index in [1.54, 1.807) is 19.2 Å². The van der Waals surface area contributed by atoms with Gasteiger partial charge in [0.1, 0.15) is 0 Å². The van der Waals surface area contributed by atoms with Gasteiger partial charge >= 0.3 is 0 Å². The summed E-state index contributed by atoms with van der Waals surface area (Å²) in [6.45, 7) is 5.38. The van der Waals surface area contributed by atoms with Gasteiger partial charge in [0.15, 0.2) is 15.8 Å². The number of guanidine groups is 1. The van der Waals surface area contributed by atoms with Gasteiger partial charge in [0.25, 0.3) is 0 Å². The number of sulfone groups is 1. The van der Waals surface area contributed by atoms with Crippen molar-refractivity contribution in [3.05, 3.63) is 77.1 Å². The Bertz CT molecular complexity index is 1150. The molecule has 0 fully saturated rings. The Kier molecular flexibility index (Phi) is 7.12. The van der Waals surface area contributed by atoms with Crippen molar-refractivity contribution in [2.75, 3.05) is 19.8 Å². The maximum atomic E-state index is 11.6. The van der Waals surface area contributed by atoms with E-state index in [1.165, 1.54) is 6.26 Å². The largest absolute Gasteiger partial charge is 0.356 e. The second-order valence-electron chi connectivity index (χ2n) is 7.42. The number of rotatable bonds is 7. The van der Waals surface area contributed by atoms with Crippen molar-refractivity contribution in [2.45, 2.75) is 31.7 Å². The van der Waals surface area contributed by atoms with Crippen LogP contribution in [0.15, 0.2) is 64.5 Å². The highest BCUT2D eigenvalue weighted by atomic mass is 32.2. The summed E-state index contributed by atoms with van der Waals surface area (Å²) in [7, 11) is -1.43. The van der Waals surface area contributed by atoms with Crippen LogP contribution >= 0.6 is 0 Å². The van der Waals surface area contributed by atoms with Gasteiger partial charge in [-0.2, -0.15) is 5.10 Å². The summed E-state index contributed by atoms with van der Waals surface area (Å²) in [4.78, 5) is 4.63. The van der Waals surface area contributed by atoms with Gasteiger partial charge in [0.05, 0.1) is 16.3 Å². The lowest BCUT2D eigenvalue weighted by Gasteiger charge is -2.12. The van der Waals surface area contributed by atoms with E-state index in [1.807, 2.05) is 54.1 Å². The van der Waals surface area contributed by atoms with Gasteiger partial charge in [-0.15, -0.1) is 0 Å². The quantitative estimate of drug-likeness (QED) is 0.437. The minimum absolute atomic E-state index is 0.337. The third-order valence-electron chi connectivity index (χ3n) is 5.16. The Hall–Kier alpha value is -3.13. The lowest BCUT2D eigenvalue weighted by Crippen LogP contribution is -2.38. The van der Waals surface area contributed by atoms with Crippen LogP contribution in [-0.2, 0) is 22.8 Å². The van der Waals surface area contributed by atoms with Crippen LogP contribution in [0.2, 0.25) is 0 Å². The second-order valence-corrected chi connectivity index (χ2v) is 9.43. The van der Waals surface area contributed by atoms with Crippen LogP contribution in [0.1, 0.15) is 22.5 Å². The summed E-state index contributed by atoms with van der Waals surface area (Å²) in [5, 5.41) is 11.3. The first kappa shape index (κ1) is 22.6. The molecule has 0 aliphatic carbocycles. The maximum absolute atomic E-state index is 11.6. The predicted octanol–water partition coefficient (Wildman–Crippen LogP) is 2.80. The third-order valence-corrected chi connectivity index (χ3v) is 6.28. The molecule has 164 valence electrons. The highest BCUT2D eigenvalue weighted by Gasteiger charge is 2.13. The molecule has 0 atom stereocenters. The van der Waals surface area contributed by atoms with Crippen molar-refractivity contribution in [2.24, 2.45) is 4.99 Å². The van der Waals surface area contributed by atoms with Crippen LogP contribution < -0.4 is 10.6 Å². The standard InChI is InChI=1S/C23H29N5O2S/c1-17-22(18(2)28(27-17)20-8-6-5-7-9-20)16-26-23(24-3)25-15-14-19-10-12-21(13-11-19)31(4,29)30/h5-13H,14-16H2,1-4H3,(H2,24,25,26). The number of nitrogens with one attached hydrogen (secondary N) is 2. The van der Waals surface area contributed by atoms with Crippen LogP contribution in [0.5, 0.6) is 0 Å². The number of hydrogen-bond acceptors (Lipinski definition) is 4. The molecule has 1 heterocycles. The first-order chi connectivity index (χ1) is 14.8. The number of aryl methyl sites for hydroxylation is 1. The van der Waals surface area contributed by atoms with Crippen molar-refractivity contribution in [1.29, 1.82) is 0 Å². The summed E-state index contributed by atoms with van der Waals surface area (Å²) in [5.74, 6) is 0.707.